The summed E-state index contributed by atoms with van der Waals surface area (Å²) >= 11 is -0.755. The van der Waals surface area contributed by atoms with E-state index in [1.807, 2.05) is 0 Å². The van der Waals surface area contributed by atoms with Gasteiger partial charge in [0, 0.05) is 6.07 Å². The highest BCUT2D eigenvalue weighted by molar-refractivity contribution is 8.00. The number of alkyl halides is 3. The maximum atomic E-state index is 12.6. The van der Waals surface area contributed by atoms with E-state index in [4.69, 9.17) is 5.26 Å². The number of esters is 1. The summed E-state index contributed by atoms with van der Waals surface area (Å²) in [6.07, 6.45) is -0.444. The SMILES string of the molecule is CCOC(=O)Cc1ccc([N+](=O)[O-])c(SC(F)(F)F)c1C#N. The minimum atomic E-state index is -4.81. The number of nitriles is 1. The van der Waals surface area contributed by atoms with Crippen LogP contribution < -0.4 is 0 Å². The molecule has 0 saturated heterocycles. The van der Waals surface area contributed by atoms with Gasteiger partial charge < -0.3 is 4.74 Å². The van der Waals surface area contributed by atoms with Crippen molar-refractivity contribution in [1.29, 1.82) is 5.26 Å². The van der Waals surface area contributed by atoms with Crippen LogP contribution in [0.2, 0.25) is 0 Å². The van der Waals surface area contributed by atoms with E-state index in [1.54, 1.807) is 6.92 Å². The summed E-state index contributed by atoms with van der Waals surface area (Å²) in [4.78, 5) is 20.4. The average molecular weight is 334 g/mol. The van der Waals surface area contributed by atoms with Crippen LogP contribution in [0.15, 0.2) is 17.0 Å². The van der Waals surface area contributed by atoms with Gasteiger partial charge in [0.1, 0.15) is 11.0 Å². The van der Waals surface area contributed by atoms with Crippen LogP contribution in [0.5, 0.6) is 0 Å². The first-order valence-electron chi connectivity index (χ1n) is 5.81. The number of carbonyl (C=O) groups excluding carboxylic acids is 1. The molecule has 0 amide bonds. The Hall–Kier alpha value is -2.28. The highest BCUT2D eigenvalue weighted by atomic mass is 32.2. The molecular weight excluding hydrogens is 325 g/mol. The third kappa shape index (κ3) is 4.63. The lowest BCUT2D eigenvalue weighted by Gasteiger charge is -2.11. The summed E-state index contributed by atoms with van der Waals surface area (Å²) in [5, 5.41) is 19.9. The van der Waals surface area contributed by atoms with Crippen LogP contribution in [0.25, 0.3) is 0 Å². The molecule has 0 aliphatic rings. The highest BCUT2D eigenvalue weighted by Gasteiger charge is 2.35. The van der Waals surface area contributed by atoms with Gasteiger partial charge in [0.15, 0.2) is 0 Å². The minimum absolute atomic E-state index is 0.0571. The van der Waals surface area contributed by atoms with Gasteiger partial charge in [0.25, 0.3) is 5.69 Å². The molecule has 0 saturated carbocycles. The smallest absolute Gasteiger partial charge is 0.446 e. The number of ether oxygens (including phenoxy) is 1. The fourth-order valence-corrected chi connectivity index (χ4v) is 2.37. The quantitative estimate of drug-likeness (QED) is 0.355. The highest BCUT2D eigenvalue weighted by Crippen LogP contribution is 2.44. The van der Waals surface area contributed by atoms with Crippen LogP contribution in [-0.4, -0.2) is 23.0 Å². The lowest BCUT2D eigenvalue weighted by Crippen LogP contribution is -2.10. The average Bonchev–Trinajstić information content (AvgIpc) is 2.37. The van der Waals surface area contributed by atoms with Crippen molar-refractivity contribution in [2.24, 2.45) is 0 Å². The maximum absolute atomic E-state index is 12.6. The van der Waals surface area contributed by atoms with E-state index in [0.717, 1.165) is 12.1 Å². The van der Waals surface area contributed by atoms with Crippen molar-refractivity contribution in [3.8, 4) is 6.07 Å². The van der Waals surface area contributed by atoms with Gasteiger partial charge in [0.05, 0.1) is 23.5 Å². The van der Waals surface area contributed by atoms with Crippen LogP contribution in [0.1, 0.15) is 18.1 Å². The van der Waals surface area contributed by atoms with Gasteiger partial charge in [-0.25, -0.2) is 0 Å². The summed E-state index contributed by atoms with van der Waals surface area (Å²) < 4.78 is 42.3. The second-order valence-corrected chi connectivity index (χ2v) is 4.92. The molecule has 0 fully saturated rings. The molecule has 6 nitrogen and oxygen atoms in total. The Morgan fingerprint density at radius 2 is 2.14 bits per heavy atom. The van der Waals surface area contributed by atoms with Crippen molar-refractivity contribution in [1.82, 2.24) is 0 Å². The molecule has 0 bridgehead atoms. The number of thioether (sulfide) groups is 1. The Kier molecular flexibility index (Phi) is 5.76. The summed E-state index contributed by atoms with van der Waals surface area (Å²) in [6, 6.07) is 3.41. The molecule has 0 aliphatic carbocycles. The first-order chi connectivity index (χ1) is 10.2. The maximum Gasteiger partial charge on any atom is 0.446 e. The second kappa shape index (κ2) is 7.13. The predicted molar refractivity (Wildman–Crippen MR) is 70.1 cm³/mol. The molecule has 0 N–H and O–H groups in total. The van der Waals surface area contributed by atoms with E-state index >= 15 is 0 Å². The first kappa shape index (κ1) is 17.8. The standard InChI is InChI=1S/C12H9F3N2O4S/c1-2-21-10(18)5-7-3-4-9(17(19)20)11(8(7)6-16)22-12(13,14)15/h3-4H,2,5H2,1H3. The zero-order valence-electron chi connectivity index (χ0n) is 11.1. The predicted octanol–water partition coefficient (Wildman–Crippen LogP) is 3.18. The Morgan fingerprint density at radius 1 is 1.50 bits per heavy atom. The molecule has 1 aromatic carbocycles. The minimum Gasteiger partial charge on any atom is -0.466 e. The van der Waals surface area contributed by atoms with Gasteiger partial charge >= 0.3 is 11.5 Å². The fraction of sp³-hybridized carbons (Fsp3) is 0.333. The van der Waals surface area contributed by atoms with Crippen molar-refractivity contribution in [3.63, 3.8) is 0 Å². The van der Waals surface area contributed by atoms with Gasteiger partial charge in [-0.2, -0.15) is 18.4 Å². The Bertz CT molecular complexity index is 640. The number of nitrogens with zero attached hydrogens (tertiary/aromatic N) is 2. The van der Waals surface area contributed by atoms with E-state index in [9.17, 15) is 28.1 Å². The zero-order valence-corrected chi connectivity index (χ0v) is 12.0. The molecular formula is C12H9F3N2O4S. The number of hydrogen-bond donors (Lipinski definition) is 0. The van der Waals surface area contributed by atoms with E-state index in [1.165, 1.54) is 6.07 Å². The van der Waals surface area contributed by atoms with Crippen molar-refractivity contribution < 1.29 is 27.6 Å². The van der Waals surface area contributed by atoms with E-state index in [2.05, 4.69) is 4.74 Å². The number of halogens is 3. The topological polar surface area (TPSA) is 93.2 Å². The van der Waals surface area contributed by atoms with E-state index in [0.29, 0.717) is 0 Å². The molecule has 0 aliphatic heterocycles. The molecule has 0 radical (unpaired) electrons. The molecule has 0 spiro atoms. The number of nitro groups is 1. The Labute approximate surface area is 127 Å². The van der Waals surface area contributed by atoms with E-state index < -0.39 is 50.7 Å². The zero-order chi connectivity index (χ0) is 16.9. The third-order valence-corrected chi connectivity index (χ3v) is 3.24. The lowest BCUT2D eigenvalue weighted by atomic mass is 10.0. The van der Waals surface area contributed by atoms with Crippen LogP contribution in [-0.2, 0) is 16.0 Å². The Morgan fingerprint density at radius 3 is 2.59 bits per heavy atom. The molecule has 10 heteroatoms. The summed E-state index contributed by atoms with van der Waals surface area (Å²) in [7, 11) is 0. The monoisotopic (exact) mass is 334 g/mol. The van der Waals surface area contributed by atoms with Gasteiger partial charge in [-0.05, 0) is 24.2 Å². The van der Waals surface area contributed by atoms with Gasteiger partial charge in [-0.1, -0.05) is 6.07 Å². The summed E-state index contributed by atoms with van der Waals surface area (Å²) in [5.74, 6) is -0.740. The van der Waals surface area contributed by atoms with Gasteiger partial charge in [0.2, 0.25) is 0 Å². The molecule has 0 aromatic heterocycles. The number of carbonyl (C=O) groups is 1. The van der Waals surface area contributed by atoms with Crippen LogP contribution in [0.4, 0.5) is 18.9 Å². The fourth-order valence-electron chi connectivity index (χ4n) is 1.61. The first-order valence-corrected chi connectivity index (χ1v) is 6.63. The second-order valence-electron chi connectivity index (χ2n) is 3.85. The van der Waals surface area contributed by atoms with Gasteiger partial charge in [-0.3, -0.25) is 14.9 Å². The largest absolute Gasteiger partial charge is 0.466 e. The normalized spacial score (nSPS) is 10.9. The number of benzene rings is 1. The lowest BCUT2D eigenvalue weighted by molar-refractivity contribution is -0.387. The molecule has 0 heterocycles. The van der Waals surface area contributed by atoms with Crippen molar-refractivity contribution in [2.45, 2.75) is 23.7 Å². The number of hydrogen-bond acceptors (Lipinski definition) is 6. The third-order valence-electron chi connectivity index (χ3n) is 2.39. The van der Waals surface area contributed by atoms with Crippen LogP contribution in [0, 0.1) is 21.4 Å². The van der Waals surface area contributed by atoms with Crippen molar-refractivity contribution in [2.75, 3.05) is 6.61 Å². The molecule has 0 unspecified atom stereocenters. The molecule has 1 rings (SSSR count). The van der Waals surface area contributed by atoms with Crippen molar-refractivity contribution >= 4 is 23.4 Å². The number of rotatable bonds is 5. The van der Waals surface area contributed by atoms with Crippen LogP contribution in [0.3, 0.4) is 0 Å². The van der Waals surface area contributed by atoms with E-state index in [-0.39, 0.29) is 12.2 Å². The summed E-state index contributed by atoms with van der Waals surface area (Å²) in [5.41, 5.74) is -6.26. The molecule has 118 valence electrons. The van der Waals surface area contributed by atoms with Gasteiger partial charge in [-0.15, -0.1) is 0 Å². The van der Waals surface area contributed by atoms with Crippen molar-refractivity contribution in [3.05, 3.63) is 33.4 Å². The molecule has 0 atom stereocenters. The molecule has 1 aromatic rings. The summed E-state index contributed by atoms with van der Waals surface area (Å²) in [6.45, 7) is 1.61. The Balaban J connectivity index is 3.38. The van der Waals surface area contributed by atoms with Crippen LogP contribution >= 0.6 is 11.8 Å². The number of nitro benzene ring substituents is 1. The molecule has 22 heavy (non-hydrogen) atoms.